The second-order valence-electron chi connectivity index (χ2n) is 8.20. The van der Waals surface area contributed by atoms with E-state index >= 15 is 0 Å². The zero-order chi connectivity index (χ0) is 22.7. The van der Waals surface area contributed by atoms with Crippen molar-refractivity contribution in [1.29, 1.82) is 0 Å². The molecule has 2 atom stereocenters. The van der Waals surface area contributed by atoms with Gasteiger partial charge in [-0.3, -0.25) is 14.5 Å². The number of hydrogen-bond acceptors (Lipinski definition) is 3. The van der Waals surface area contributed by atoms with Crippen molar-refractivity contribution in [2.45, 2.75) is 31.5 Å². The van der Waals surface area contributed by atoms with Crippen molar-refractivity contribution in [3.63, 3.8) is 0 Å². The van der Waals surface area contributed by atoms with Crippen LogP contribution in [0.15, 0.2) is 48.5 Å². The molecule has 2 amide bonds. The zero-order valence-corrected chi connectivity index (χ0v) is 19.0. The van der Waals surface area contributed by atoms with Gasteiger partial charge >= 0.3 is 0 Å². The highest BCUT2D eigenvalue weighted by Gasteiger charge is 2.41. The number of alkyl halides is 1. The molecule has 0 aliphatic carbocycles. The molecule has 0 radical (unpaired) electrons. The third-order valence-corrected chi connectivity index (χ3v) is 6.43. The summed E-state index contributed by atoms with van der Waals surface area (Å²) in [6, 6.07) is 12.0. The van der Waals surface area contributed by atoms with Crippen molar-refractivity contribution in [2.24, 2.45) is 0 Å². The predicted octanol–water partition coefficient (Wildman–Crippen LogP) is 4.55. The lowest BCUT2D eigenvalue weighted by Crippen LogP contribution is -2.55. The number of hydrogen-bond donors (Lipinski definition) is 1. The van der Waals surface area contributed by atoms with Gasteiger partial charge in [0.25, 0.3) is 0 Å². The number of halogens is 3. The van der Waals surface area contributed by atoms with E-state index in [1.54, 1.807) is 30.4 Å². The number of benzene rings is 2. The smallest absolute Gasteiger partial charge is 0.247 e. The highest BCUT2D eigenvalue weighted by Crippen LogP contribution is 2.31. The summed E-state index contributed by atoms with van der Waals surface area (Å²) in [5, 5.41) is 3.19. The Balaban J connectivity index is 1.42. The molecule has 2 unspecified atom stereocenters. The molecule has 0 spiro atoms. The van der Waals surface area contributed by atoms with Crippen LogP contribution in [0.1, 0.15) is 24.0 Å². The van der Waals surface area contributed by atoms with Crippen LogP contribution in [-0.4, -0.2) is 52.7 Å². The van der Waals surface area contributed by atoms with Crippen LogP contribution in [0.5, 0.6) is 0 Å². The van der Waals surface area contributed by atoms with Crippen LogP contribution in [0.4, 0.5) is 10.1 Å². The maximum Gasteiger partial charge on any atom is 0.247 e. The van der Waals surface area contributed by atoms with E-state index in [4.69, 9.17) is 23.2 Å². The van der Waals surface area contributed by atoms with E-state index < -0.39 is 0 Å². The number of amides is 2. The third kappa shape index (κ3) is 5.31. The average molecular weight is 476 g/mol. The number of nitrogens with one attached hydrogen (secondary N) is 1. The van der Waals surface area contributed by atoms with Gasteiger partial charge in [0, 0.05) is 48.5 Å². The molecule has 2 aromatic rings. The van der Waals surface area contributed by atoms with Gasteiger partial charge < -0.3 is 10.2 Å². The van der Waals surface area contributed by atoms with E-state index in [1.165, 1.54) is 12.1 Å². The van der Waals surface area contributed by atoms with Gasteiger partial charge in [-0.1, -0.05) is 29.8 Å². The number of nitrogens with zero attached hydrogens (tertiary/aromatic N) is 2. The minimum absolute atomic E-state index is 0.0384. The molecule has 5 nitrogen and oxygen atoms in total. The summed E-state index contributed by atoms with van der Waals surface area (Å²) in [7, 11) is 0. The summed E-state index contributed by atoms with van der Waals surface area (Å²) < 4.78 is 13.2. The first-order valence-electron chi connectivity index (χ1n) is 10.6. The molecule has 32 heavy (non-hydrogen) atoms. The lowest BCUT2D eigenvalue weighted by atomic mass is 10.1. The number of piperazine rings is 1. The molecular formula is C24H24Cl2FN3O2. The first-order valence-corrected chi connectivity index (χ1v) is 11.5. The Hall–Kier alpha value is -2.41. The molecule has 0 aromatic heterocycles. The predicted molar refractivity (Wildman–Crippen MR) is 125 cm³/mol. The average Bonchev–Trinajstić information content (AvgIpc) is 3.05. The summed E-state index contributed by atoms with van der Waals surface area (Å²) in [4.78, 5) is 29.0. The minimum Gasteiger partial charge on any atom is -0.331 e. The van der Waals surface area contributed by atoms with Crippen molar-refractivity contribution >= 4 is 46.8 Å². The fourth-order valence-corrected chi connectivity index (χ4v) is 4.78. The summed E-state index contributed by atoms with van der Waals surface area (Å²) in [6.45, 7) is 2.34. The molecular weight excluding hydrogens is 452 g/mol. The number of anilines is 1. The SMILES string of the molecule is O=C(CCl)Nc1cc(Cl)ccc1/C=C/C(=O)N1C2CCC1CN(Cc1ccc(F)cc1)C2. The van der Waals surface area contributed by atoms with Gasteiger partial charge in [-0.2, -0.15) is 0 Å². The quantitative estimate of drug-likeness (QED) is 0.492. The van der Waals surface area contributed by atoms with Crippen molar-refractivity contribution in [1.82, 2.24) is 9.80 Å². The van der Waals surface area contributed by atoms with E-state index in [-0.39, 0.29) is 35.6 Å². The van der Waals surface area contributed by atoms with Gasteiger partial charge in [-0.05, 0) is 54.3 Å². The van der Waals surface area contributed by atoms with Gasteiger partial charge in [-0.25, -0.2) is 4.39 Å². The largest absolute Gasteiger partial charge is 0.331 e. The Labute approximate surface area is 196 Å². The molecule has 1 N–H and O–H groups in total. The Kier molecular flexibility index (Phi) is 7.13. The van der Waals surface area contributed by atoms with Crippen LogP contribution in [0.3, 0.4) is 0 Å². The summed E-state index contributed by atoms with van der Waals surface area (Å²) >= 11 is 11.6. The molecule has 2 aromatic carbocycles. The topological polar surface area (TPSA) is 52.7 Å². The molecule has 2 fully saturated rings. The van der Waals surface area contributed by atoms with Crippen molar-refractivity contribution in [2.75, 3.05) is 24.3 Å². The van der Waals surface area contributed by atoms with E-state index in [0.29, 0.717) is 16.3 Å². The molecule has 2 aliphatic rings. The molecule has 2 saturated heterocycles. The Bertz CT molecular complexity index is 1010. The van der Waals surface area contributed by atoms with Crippen LogP contribution in [-0.2, 0) is 16.1 Å². The molecule has 8 heteroatoms. The molecule has 0 saturated carbocycles. The minimum atomic E-state index is -0.342. The van der Waals surface area contributed by atoms with Crippen LogP contribution in [0.2, 0.25) is 5.02 Å². The van der Waals surface area contributed by atoms with E-state index in [2.05, 4.69) is 10.2 Å². The molecule has 2 heterocycles. The zero-order valence-electron chi connectivity index (χ0n) is 17.4. The molecule has 2 aliphatic heterocycles. The van der Waals surface area contributed by atoms with Crippen molar-refractivity contribution in [3.8, 4) is 0 Å². The maximum atomic E-state index is 13.2. The highest BCUT2D eigenvalue weighted by atomic mass is 35.5. The molecule has 168 valence electrons. The van der Waals surface area contributed by atoms with Crippen LogP contribution in [0, 0.1) is 5.82 Å². The Morgan fingerprint density at radius 2 is 1.78 bits per heavy atom. The third-order valence-electron chi connectivity index (χ3n) is 5.95. The van der Waals surface area contributed by atoms with Crippen molar-refractivity contribution < 1.29 is 14.0 Å². The van der Waals surface area contributed by atoms with E-state index in [9.17, 15) is 14.0 Å². The maximum absolute atomic E-state index is 13.2. The van der Waals surface area contributed by atoms with Crippen LogP contribution < -0.4 is 5.32 Å². The normalized spacial score (nSPS) is 20.7. The lowest BCUT2D eigenvalue weighted by Gasteiger charge is -2.40. The fourth-order valence-electron chi connectivity index (χ4n) is 4.54. The number of likely N-dealkylation sites (tertiary alicyclic amines) is 1. The van der Waals surface area contributed by atoms with Gasteiger partial charge in [0.15, 0.2) is 0 Å². The second kappa shape index (κ2) is 10.0. The highest BCUT2D eigenvalue weighted by molar-refractivity contribution is 6.31. The fraction of sp³-hybridized carbons (Fsp3) is 0.333. The number of carbonyl (C=O) groups is 2. The number of fused-ring (bicyclic) bond motifs is 2. The Morgan fingerprint density at radius 1 is 1.09 bits per heavy atom. The number of rotatable bonds is 6. The summed E-state index contributed by atoms with van der Waals surface area (Å²) in [5.74, 6) is -0.781. The standard InChI is InChI=1S/C24H24Cl2FN3O2/c25-12-23(31)28-22-11-18(26)5-3-17(22)4-10-24(32)30-20-8-9-21(30)15-29(14-20)13-16-1-6-19(27)7-2-16/h1-7,10-11,20-21H,8-9,12-15H2,(H,28,31)/b10-4+. The summed E-state index contributed by atoms with van der Waals surface area (Å²) in [6.07, 6.45) is 5.21. The number of carbonyl (C=O) groups excluding carboxylic acids is 2. The Morgan fingerprint density at radius 3 is 2.44 bits per heavy atom. The second-order valence-corrected chi connectivity index (χ2v) is 8.90. The van der Waals surface area contributed by atoms with Crippen molar-refractivity contribution in [3.05, 3.63) is 70.5 Å². The van der Waals surface area contributed by atoms with E-state index in [0.717, 1.165) is 38.0 Å². The van der Waals surface area contributed by atoms with Gasteiger partial charge in [0.1, 0.15) is 11.7 Å². The lowest BCUT2D eigenvalue weighted by molar-refractivity contribution is -0.131. The molecule has 2 bridgehead atoms. The van der Waals surface area contributed by atoms with Gasteiger partial charge in [0.05, 0.1) is 0 Å². The first kappa shape index (κ1) is 22.8. The summed E-state index contributed by atoms with van der Waals surface area (Å²) in [5.41, 5.74) is 2.27. The van der Waals surface area contributed by atoms with Crippen LogP contribution in [0.25, 0.3) is 6.08 Å². The monoisotopic (exact) mass is 475 g/mol. The van der Waals surface area contributed by atoms with Gasteiger partial charge in [0.2, 0.25) is 11.8 Å². The first-order chi connectivity index (χ1) is 15.4. The van der Waals surface area contributed by atoms with E-state index in [1.807, 2.05) is 17.0 Å². The van der Waals surface area contributed by atoms with Gasteiger partial charge in [-0.15, -0.1) is 11.6 Å². The molecule has 4 rings (SSSR count). The van der Waals surface area contributed by atoms with Crippen LogP contribution >= 0.6 is 23.2 Å².